The zero-order chi connectivity index (χ0) is 35.3. The first-order valence-electron chi connectivity index (χ1n) is 17.4. The third-order valence-electron chi connectivity index (χ3n) is 15.0. The summed E-state index contributed by atoms with van der Waals surface area (Å²) in [7, 11) is 0. The molecular formula is C36H58O11. The van der Waals surface area contributed by atoms with Crippen LogP contribution in [0.2, 0.25) is 0 Å². The molecular weight excluding hydrogens is 608 g/mol. The lowest BCUT2D eigenvalue weighted by atomic mass is 9.33. The quantitative estimate of drug-likeness (QED) is 0.146. The van der Waals surface area contributed by atoms with E-state index in [0.717, 1.165) is 18.4 Å². The summed E-state index contributed by atoms with van der Waals surface area (Å²) in [5.41, 5.74) is -2.20. The SMILES string of the molecule is CC1(C)CCC2(C(=O)O)CCC3(C)C(=CCC4C5(C)CC(OC(=O)C(O)C(O)C(O)C(O)CO)C(O)C(C)(C)C5CCC43C)C2C1O. The smallest absolute Gasteiger partial charge is 0.338 e. The molecule has 0 bridgehead atoms. The van der Waals surface area contributed by atoms with E-state index in [0.29, 0.717) is 32.1 Å². The van der Waals surface area contributed by atoms with Crippen molar-refractivity contribution in [2.24, 2.45) is 50.2 Å². The van der Waals surface area contributed by atoms with Crippen molar-refractivity contribution in [1.82, 2.24) is 0 Å². The Morgan fingerprint density at radius 1 is 0.872 bits per heavy atom. The van der Waals surface area contributed by atoms with Crippen molar-refractivity contribution in [3.63, 3.8) is 0 Å². The van der Waals surface area contributed by atoms with Gasteiger partial charge in [0.15, 0.2) is 6.10 Å². The fourth-order valence-corrected chi connectivity index (χ4v) is 11.7. The van der Waals surface area contributed by atoms with Gasteiger partial charge in [-0.05, 0) is 90.3 Å². The van der Waals surface area contributed by atoms with Crippen molar-refractivity contribution < 1.29 is 55.2 Å². The third-order valence-corrected chi connectivity index (χ3v) is 15.0. The second-order valence-corrected chi connectivity index (χ2v) is 17.8. The Bertz CT molecular complexity index is 1280. The van der Waals surface area contributed by atoms with Crippen LogP contribution in [0.5, 0.6) is 0 Å². The number of aliphatic hydroxyl groups excluding tert-OH is 7. The van der Waals surface area contributed by atoms with Gasteiger partial charge < -0.3 is 45.6 Å². The monoisotopic (exact) mass is 666 g/mol. The third kappa shape index (κ3) is 5.08. The van der Waals surface area contributed by atoms with Crippen LogP contribution in [-0.4, -0.2) is 102 Å². The molecule has 0 radical (unpaired) electrons. The summed E-state index contributed by atoms with van der Waals surface area (Å²) in [5.74, 6) is -2.45. The Balaban J connectivity index is 1.50. The number of carbonyl (C=O) groups is 2. The second-order valence-electron chi connectivity index (χ2n) is 17.8. The predicted molar refractivity (Wildman–Crippen MR) is 170 cm³/mol. The van der Waals surface area contributed by atoms with Crippen molar-refractivity contribution >= 4 is 11.9 Å². The van der Waals surface area contributed by atoms with Gasteiger partial charge in [-0.25, -0.2) is 4.79 Å². The first-order valence-corrected chi connectivity index (χ1v) is 17.4. The van der Waals surface area contributed by atoms with Crippen LogP contribution in [0.15, 0.2) is 11.6 Å². The molecule has 5 rings (SSSR count). The molecule has 5 aliphatic carbocycles. The molecule has 0 heterocycles. The summed E-state index contributed by atoms with van der Waals surface area (Å²) < 4.78 is 5.72. The molecule has 0 spiro atoms. The molecule has 11 heteroatoms. The molecule has 11 nitrogen and oxygen atoms in total. The van der Waals surface area contributed by atoms with E-state index in [2.05, 4.69) is 26.8 Å². The number of carboxylic acids is 1. The van der Waals surface area contributed by atoms with Crippen LogP contribution in [0.4, 0.5) is 0 Å². The summed E-state index contributed by atoms with van der Waals surface area (Å²) in [4.78, 5) is 26.1. The van der Waals surface area contributed by atoms with Gasteiger partial charge in [-0.2, -0.15) is 0 Å². The minimum absolute atomic E-state index is 0.0505. The molecule has 4 saturated carbocycles. The first kappa shape index (κ1) is 36.7. The van der Waals surface area contributed by atoms with Crippen LogP contribution in [0.25, 0.3) is 0 Å². The summed E-state index contributed by atoms with van der Waals surface area (Å²) in [5, 5.41) is 83.8. The molecule has 0 aromatic heterocycles. The molecule has 0 aromatic carbocycles. The van der Waals surface area contributed by atoms with Crippen LogP contribution < -0.4 is 0 Å². The van der Waals surface area contributed by atoms with Crippen molar-refractivity contribution in [3.8, 4) is 0 Å². The number of ether oxygens (including phenoxy) is 1. The van der Waals surface area contributed by atoms with Crippen molar-refractivity contribution in [2.75, 3.05) is 6.61 Å². The van der Waals surface area contributed by atoms with E-state index in [1.54, 1.807) is 0 Å². The molecule has 8 N–H and O–H groups in total. The van der Waals surface area contributed by atoms with Gasteiger partial charge in [-0.1, -0.05) is 60.1 Å². The number of hydrogen-bond acceptors (Lipinski definition) is 10. The Hall–Kier alpha value is -1.60. The standard InChI is InChI=1S/C36H58O11/c1-31(2)12-14-36(30(45)46)15-13-34(6)18(23(36)28(31)43)8-9-22-33(5)16-20(27(42)32(3,4)21(33)10-11-35(22,34)7)47-29(44)26(41)25(40)24(39)19(38)17-37/h8,19-28,37-43H,9-17H2,1-7H3,(H,45,46). The Kier molecular flexibility index (Phi) is 9.16. The van der Waals surface area contributed by atoms with E-state index in [4.69, 9.17) is 9.84 Å². The molecule has 0 aromatic rings. The van der Waals surface area contributed by atoms with Crippen molar-refractivity contribution in [3.05, 3.63) is 11.6 Å². The molecule has 5 aliphatic rings. The van der Waals surface area contributed by atoms with Gasteiger partial charge in [0.1, 0.15) is 24.4 Å². The topological polar surface area (TPSA) is 205 Å². The average molecular weight is 667 g/mol. The van der Waals surface area contributed by atoms with E-state index >= 15 is 0 Å². The number of rotatable bonds is 7. The van der Waals surface area contributed by atoms with Crippen LogP contribution >= 0.6 is 0 Å². The van der Waals surface area contributed by atoms with Crippen molar-refractivity contribution in [2.45, 2.75) is 143 Å². The highest BCUT2D eigenvalue weighted by atomic mass is 16.6. The number of aliphatic carboxylic acids is 1. The van der Waals surface area contributed by atoms with Gasteiger partial charge in [0, 0.05) is 5.92 Å². The molecule has 0 aliphatic heterocycles. The van der Waals surface area contributed by atoms with Gasteiger partial charge in [-0.3, -0.25) is 4.79 Å². The summed E-state index contributed by atoms with van der Waals surface area (Å²) in [6.45, 7) is 13.8. The van der Waals surface area contributed by atoms with E-state index in [9.17, 15) is 45.3 Å². The second kappa shape index (κ2) is 11.7. The maximum absolute atomic E-state index is 13.1. The number of allylic oxidation sites excluding steroid dienone is 1. The number of carboxylic acid groups (broad SMARTS) is 1. The van der Waals surface area contributed by atoms with E-state index in [-0.39, 0.29) is 23.7 Å². The maximum atomic E-state index is 13.1. The van der Waals surface area contributed by atoms with Gasteiger partial charge >= 0.3 is 11.9 Å². The van der Waals surface area contributed by atoms with E-state index in [1.165, 1.54) is 0 Å². The summed E-state index contributed by atoms with van der Waals surface area (Å²) in [6, 6.07) is 0. The van der Waals surface area contributed by atoms with Gasteiger partial charge in [-0.15, -0.1) is 0 Å². The molecule has 0 amide bonds. The van der Waals surface area contributed by atoms with E-state index < -0.39 is 94.3 Å². The Labute approximate surface area is 278 Å². The van der Waals surface area contributed by atoms with Crippen LogP contribution in [-0.2, 0) is 14.3 Å². The fraction of sp³-hybridized carbons (Fsp3) is 0.889. The minimum atomic E-state index is -2.22. The zero-order valence-electron chi connectivity index (χ0n) is 29.0. The first-order chi connectivity index (χ1) is 21.6. The lowest BCUT2D eigenvalue weighted by Crippen LogP contribution is -2.68. The molecule has 47 heavy (non-hydrogen) atoms. The average Bonchev–Trinajstić information content (AvgIpc) is 3.00. The zero-order valence-corrected chi connectivity index (χ0v) is 29.0. The largest absolute Gasteiger partial charge is 0.481 e. The van der Waals surface area contributed by atoms with Crippen LogP contribution in [0.1, 0.15) is 99.8 Å². The predicted octanol–water partition coefficient (Wildman–Crippen LogP) is 2.16. The van der Waals surface area contributed by atoms with Gasteiger partial charge in [0.05, 0.1) is 24.2 Å². The highest BCUT2D eigenvalue weighted by molar-refractivity contribution is 5.77. The fourth-order valence-electron chi connectivity index (χ4n) is 11.7. The number of carbonyl (C=O) groups excluding carboxylic acids is 1. The molecule has 4 fully saturated rings. The normalized spacial score (nSPS) is 46.2. The van der Waals surface area contributed by atoms with Gasteiger partial charge in [0.25, 0.3) is 0 Å². The molecule has 268 valence electrons. The highest BCUT2D eigenvalue weighted by Crippen LogP contribution is 2.75. The highest BCUT2D eigenvalue weighted by Gasteiger charge is 2.71. The Morgan fingerprint density at radius 3 is 2.09 bits per heavy atom. The van der Waals surface area contributed by atoms with Crippen LogP contribution in [0.3, 0.4) is 0 Å². The summed E-state index contributed by atoms with van der Waals surface area (Å²) in [6.07, 6.45) is -3.89. The minimum Gasteiger partial charge on any atom is -0.481 e. The van der Waals surface area contributed by atoms with Crippen LogP contribution in [0, 0.1) is 50.2 Å². The summed E-state index contributed by atoms with van der Waals surface area (Å²) >= 11 is 0. The Morgan fingerprint density at radius 2 is 1.49 bits per heavy atom. The molecule has 14 atom stereocenters. The number of hydrogen-bond donors (Lipinski definition) is 8. The van der Waals surface area contributed by atoms with E-state index in [1.807, 2.05) is 27.7 Å². The van der Waals surface area contributed by atoms with Crippen molar-refractivity contribution in [1.29, 1.82) is 0 Å². The lowest BCUT2D eigenvalue weighted by molar-refractivity contribution is -0.243. The number of fused-ring (bicyclic) bond motifs is 7. The molecule has 14 unspecified atom stereocenters. The van der Waals surface area contributed by atoms with Gasteiger partial charge in [0.2, 0.25) is 0 Å². The number of aliphatic hydroxyl groups is 7. The lowest BCUT2D eigenvalue weighted by Gasteiger charge is -2.71. The molecule has 0 saturated heterocycles. The number of esters is 1. The maximum Gasteiger partial charge on any atom is 0.338 e.